The van der Waals surface area contributed by atoms with Crippen LogP contribution in [0.4, 0.5) is 4.39 Å². The van der Waals surface area contributed by atoms with Crippen molar-refractivity contribution in [2.75, 3.05) is 7.05 Å². The molecule has 0 bridgehead atoms. The second-order valence-electron chi connectivity index (χ2n) is 4.17. The number of nitrogens with one attached hydrogen (secondary N) is 1. The number of likely N-dealkylation sites (N-methyl/N-ethyl adjacent to an activating group) is 1. The predicted octanol–water partition coefficient (Wildman–Crippen LogP) is 1.89. The molecule has 0 heterocycles. The van der Waals surface area contributed by atoms with Gasteiger partial charge in [-0.2, -0.15) is 0 Å². The molecule has 3 nitrogen and oxygen atoms in total. The van der Waals surface area contributed by atoms with Crippen molar-refractivity contribution in [3.05, 3.63) is 33.6 Å². The van der Waals surface area contributed by atoms with Crippen LogP contribution in [0.2, 0.25) is 10.0 Å². The molecule has 0 aliphatic rings. The average Bonchev–Trinajstić information content (AvgIpc) is 2.32. The van der Waals surface area contributed by atoms with Gasteiger partial charge in [0.25, 0.3) is 5.91 Å². The molecule has 0 saturated carbocycles. The zero-order chi connectivity index (χ0) is 13.9. The summed E-state index contributed by atoms with van der Waals surface area (Å²) in [4.78, 5) is 11.4. The molecule has 0 spiro atoms. The first kappa shape index (κ1) is 15.2. The van der Waals surface area contributed by atoms with Gasteiger partial charge in [0.1, 0.15) is 11.9 Å². The molecule has 3 N–H and O–H groups in total. The van der Waals surface area contributed by atoms with Gasteiger partial charge in [-0.15, -0.1) is 0 Å². The van der Waals surface area contributed by atoms with Crippen LogP contribution in [-0.4, -0.2) is 19.0 Å². The minimum absolute atomic E-state index is 0.00435. The highest BCUT2D eigenvalue weighted by molar-refractivity contribution is 6.35. The van der Waals surface area contributed by atoms with Crippen molar-refractivity contribution < 1.29 is 14.5 Å². The minimum Gasteiger partial charge on any atom is -0.354 e. The van der Waals surface area contributed by atoms with E-state index in [4.69, 9.17) is 23.2 Å². The summed E-state index contributed by atoms with van der Waals surface area (Å²) in [5.74, 6) is -0.601. The maximum Gasteiger partial charge on any atom is 0.277 e. The Morgan fingerprint density at radius 1 is 1.33 bits per heavy atom. The third kappa shape index (κ3) is 3.57. The summed E-state index contributed by atoms with van der Waals surface area (Å²) in [7, 11) is 1.58. The van der Waals surface area contributed by atoms with Crippen molar-refractivity contribution in [1.82, 2.24) is 5.32 Å². The second-order valence-corrected chi connectivity index (χ2v) is 4.99. The van der Waals surface area contributed by atoms with Crippen LogP contribution < -0.4 is 10.6 Å². The molecule has 0 aliphatic heterocycles. The van der Waals surface area contributed by atoms with Gasteiger partial charge in [-0.05, 0) is 26.0 Å². The second kappa shape index (κ2) is 6.36. The number of halogens is 3. The Balaban J connectivity index is 2.87. The summed E-state index contributed by atoms with van der Waals surface area (Å²) in [6, 6.07) is 2.27. The van der Waals surface area contributed by atoms with Crippen LogP contribution in [0.25, 0.3) is 0 Å². The largest absolute Gasteiger partial charge is 0.354 e. The maximum atomic E-state index is 13.4. The van der Waals surface area contributed by atoms with Gasteiger partial charge in [-0.1, -0.05) is 23.2 Å². The SMILES string of the molecule is CNC(=O)[C@H](C)[NH2+][C@@H](C)c1cc(F)c(Cl)cc1Cl. The number of carbonyl (C=O) groups excluding carboxylic acids is 1. The van der Waals surface area contributed by atoms with E-state index in [0.29, 0.717) is 10.6 Å². The Morgan fingerprint density at radius 3 is 2.50 bits per heavy atom. The van der Waals surface area contributed by atoms with Crippen molar-refractivity contribution in [2.24, 2.45) is 0 Å². The number of hydrogen-bond donors (Lipinski definition) is 2. The van der Waals surface area contributed by atoms with E-state index in [1.807, 2.05) is 12.2 Å². The molecule has 6 heteroatoms. The van der Waals surface area contributed by atoms with Crippen LogP contribution in [-0.2, 0) is 4.79 Å². The van der Waals surface area contributed by atoms with Crippen molar-refractivity contribution >= 4 is 29.1 Å². The molecule has 0 fully saturated rings. The van der Waals surface area contributed by atoms with Crippen LogP contribution in [0.1, 0.15) is 25.5 Å². The first-order valence-electron chi connectivity index (χ1n) is 5.57. The molecule has 0 radical (unpaired) electrons. The van der Waals surface area contributed by atoms with Crippen molar-refractivity contribution in [3.63, 3.8) is 0 Å². The number of amides is 1. The molecular formula is C12H16Cl2FN2O+. The van der Waals surface area contributed by atoms with E-state index in [-0.39, 0.29) is 23.0 Å². The smallest absolute Gasteiger partial charge is 0.277 e. The lowest BCUT2D eigenvalue weighted by molar-refractivity contribution is -0.710. The molecular weight excluding hydrogens is 278 g/mol. The zero-order valence-electron chi connectivity index (χ0n) is 10.4. The lowest BCUT2D eigenvalue weighted by Gasteiger charge is -2.17. The third-order valence-electron chi connectivity index (χ3n) is 2.77. The Bertz CT molecular complexity index is 454. The van der Waals surface area contributed by atoms with E-state index in [2.05, 4.69) is 5.32 Å². The molecule has 2 atom stereocenters. The van der Waals surface area contributed by atoms with Gasteiger partial charge >= 0.3 is 0 Å². The summed E-state index contributed by atoms with van der Waals surface area (Å²) < 4.78 is 13.4. The van der Waals surface area contributed by atoms with Gasteiger partial charge in [0.05, 0.1) is 10.0 Å². The first-order chi connectivity index (χ1) is 8.36. The molecule has 18 heavy (non-hydrogen) atoms. The fraction of sp³-hybridized carbons (Fsp3) is 0.417. The molecule has 100 valence electrons. The van der Waals surface area contributed by atoms with Crippen molar-refractivity contribution in [3.8, 4) is 0 Å². The highest BCUT2D eigenvalue weighted by Crippen LogP contribution is 2.27. The van der Waals surface area contributed by atoms with Gasteiger partial charge in [0, 0.05) is 12.6 Å². The number of nitrogens with two attached hydrogens (primary N) is 1. The Labute approximate surface area is 116 Å². The van der Waals surface area contributed by atoms with Crippen LogP contribution in [0, 0.1) is 5.82 Å². The lowest BCUT2D eigenvalue weighted by Crippen LogP contribution is -2.92. The fourth-order valence-corrected chi connectivity index (χ4v) is 2.29. The van der Waals surface area contributed by atoms with E-state index in [1.165, 1.54) is 12.1 Å². The van der Waals surface area contributed by atoms with E-state index >= 15 is 0 Å². The van der Waals surface area contributed by atoms with Crippen LogP contribution in [0.5, 0.6) is 0 Å². The van der Waals surface area contributed by atoms with E-state index in [1.54, 1.807) is 14.0 Å². The van der Waals surface area contributed by atoms with Crippen LogP contribution in [0.3, 0.4) is 0 Å². The van der Waals surface area contributed by atoms with Gasteiger partial charge in [-0.3, -0.25) is 4.79 Å². The molecule has 0 aliphatic carbocycles. The normalized spacial score (nSPS) is 14.1. The minimum atomic E-state index is -0.510. The lowest BCUT2D eigenvalue weighted by atomic mass is 10.1. The molecule has 1 aromatic rings. The molecule has 0 unspecified atom stereocenters. The van der Waals surface area contributed by atoms with Gasteiger partial charge < -0.3 is 10.6 Å². The van der Waals surface area contributed by atoms with Crippen molar-refractivity contribution in [1.29, 1.82) is 0 Å². The van der Waals surface area contributed by atoms with E-state index < -0.39 is 5.82 Å². The Kier molecular flexibility index (Phi) is 5.38. The summed E-state index contributed by atoms with van der Waals surface area (Å²) in [5.41, 5.74) is 0.620. The van der Waals surface area contributed by atoms with Gasteiger partial charge in [0.15, 0.2) is 6.04 Å². The topological polar surface area (TPSA) is 45.7 Å². The molecule has 1 aromatic carbocycles. The standard InChI is InChI=1S/C12H15Cl2FN2O/c1-6(17-7(2)12(18)16-3)8-4-11(15)10(14)5-9(8)13/h4-7,17H,1-3H3,(H,16,18)/p+1/t6-,7-/m0/s1. The summed E-state index contributed by atoms with van der Waals surface area (Å²) >= 11 is 11.7. The number of quaternary nitrogens is 1. The summed E-state index contributed by atoms with van der Waals surface area (Å²) in [6.45, 7) is 3.63. The summed E-state index contributed by atoms with van der Waals surface area (Å²) in [5, 5.41) is 4.76. The monoisotopic (exact) mass is 293 g/mol. The number of benzene rings is 1. The van der Waals surface area contributed by atoms with E-state index in [0.717, 1.165) is 0 Å². The Hall–Kier alpha value is -0.840. The molecule has 1 amide bonds. The number of carbonyl (C=O) groups is 1. The van der Waals surface area contributed by atoms with Crippen molar-refractivity contribution in [2.45, 2.75) is 25.9 Å². The fourth-order valence-electron chi connectivity index (χ4n) is 1.74. The molecule has 0 saturated heterocycles. The summed E-state index contributed by atoms with van der Waals surface area (Å²) in [6.07, 6.45) is 0. The van der Waals surface area contributed by atoms with Crippen LogP contribution in [0.15, 0.2) is 12.1 Å². The molecule has 0 aromatic heterocycles. The highest BCUT2D eigenvalue weighted by atomic mass is 35.5. The number of hydrogen-bond acceptors (Lipinski definition) is 1. The maximum absolute atomic E-state index is 13.4. The van der Waals surface area contributed by atoms with Crippen LogP contribution >= 0.6 is 23.2 Å². The quantitative estimate of drug-likeness (QED) is 0.818. The third-order valence-corrected chi connectivity index (χ3v) is 3.38. The first-order valence-corrected chi connectivity index (χ1v) is 6.33. The van der Waals surface area contributed by atoms with E-state index in [9.17, 15) is 9.18 Å². The average molecular weight is 294 g/mol. The predicted molar refractivity (Wildman–Crippen MR) is 70.3 cm³/mol. The van der Waals surface area contributed by atoms with Gasteiger partial charge in [-0.25, -0.2) is 4.39 Å². The molecule has 1 rings (SSSR count). The Morgan fingerprint density at radius 2 is 1.94 bits per heavy atom. The highest BCUT2D eigenvalue weighted by Gasteiger charge is 2.21. The van der Waals surface area contributed by atoms with Gasteiger partial charge in [0.2, 0.25) is 0 Å². The number of rotatable bonds is 4. The zero-order valence-corrected chi connectivity index (χ0v) is 11.9.